The number of sulfonamides is 1. The lowest BCUT2D eigenvalue weighted by Gasteiger charge is -2.05. The molecule has 90 valence electrons. The van der Waals surface area contributed by atoms with Crippen molar-refractivity contribution in [1.29, 1.82) is 5.26 Å². The van der Waals surface area contributed by atoms with E-state index in [0.29, 0.717) is 18.0 Å². The Hall–Kier alpha value is -1.38. The van der Waals surface area contributed by atoms with Gasteiger partial charge in [-0.3, -0.25) is 0 Å². The van der Waals surface area contributed by atoms with Gasteiger partial charge in [0.2, 0.25) is 10.0 Å². The lowest BCUT2D eigenvalue weighted by atomic mass is 10.1. The second kappa shape index (κ2) is 4.86. The summed E-state index contributed by atoms with van der Waals surface area (Å²) in [7, 11) is -3.15. The van der Waals surface area contributed by atoms with E-state index in [2.05, 4.69) is 4.72 Å². The molecule has 1 fully saturated rings. The molecule has 1 saturated carbocycles. The normalized spacial score (nSPS) is 15.5. The summed E-state index contributed by atoms with van der Waals surface area (Å²) in [5, 5.41) is 8.63. The number of nitrogens with one attached hydrogen (secondary N) is 1. The van der Waals surface area contributed by atoms with Gasteiger partial charge in [-0.25, -0.2) is 13.1 Å². The fraction of sp³-hybridized carbons (Fsp3) is 0.417. The Kier molecular flexibility index (Phi) is 3.46. The van der Waals surface area contributed by atoms with Crippen molar-refractivity contribution in [2.45, 2.75) is 19.4 Å². The summed E-state index contributed by atoms with van der Waals surface area (Å²) in [6.07, 6.45) is 2.05. The van der Waals surface area contributed by atoms with Gasteiger partial charge in [-0.05, 0) is 36.5 Å². The fourth-order valence-corrected chi connectivity index (χ4v) is 3.00. The first-order valence-corrected chi connectivity index (χ1v) is 7.21. The van der Waals surface area contributed by atoms with Crippen molar-refractivity contribution in [3.8, 4) is 6.07 Å². The van der Waals surface area contributed by atoms with Gasteiger partial charge in [-0.2, -0.15) is 5.26 Å². The minimum absolute atomic E-state index is 0.239. The van der Waals surface area contributed by atoms with Gasteiger partial charge < -0.3 is 0 Å². The third-order valence-corrected chi connectivity index (χ3v) is 4.23. The van der Waals surface area contributed by atoms with Crippen molar-refractivity contribution < 1.29 is 8.42 Å². The molecule has 1 N–H and O–H groups in total. The van der Waals surface area contributed by atoms with Crippen molar-refractivity contribution in [3.63, 3.8) is 0 Å². The molecule has 2 rings (SSSR count). The van der Waals surface area contributed by atoms with Gasteiger partial charge in [0.1, 0.15) is 0 Å². The summed E-state index contributed by atoms with van der Waals surface area (Å²) in [6, 6.07) is 8.92. The molecule has 0 heterocycles. The Morgan fingerprint density at radius 3 is 2.47 bits per heavy atom. The van der Waals surface area contributed by atoms with Crippen molar-refractivity contribution in [3.05, 3.63) is 35.4 Å². The number of rotatable bonds is 5. The zero-order valence-corrected chi connectivity index (χ0v) is 10.2. The molecule has 0 aromatic heterocycles. The summed E-state index contributed by atoms with van der Waals surface area (Å²) in [4.78, 5) is 0. The minimum Gasteiger partial charge on any atom is -0.212 e. The van der Waals surface area contributed by atoms with Crippen LogP contribution in [0.1, 0.15) is 24.0 Å². The molecule has 1 aromatic carbocycles. The molecule has 4 nitrogen and oxygen atoms in total. The van der Waals surface area contributed by atoms with E-state index in [9.17, 15) is 8.42 Å². The summed E-state index contributed by atoms with van der Waals surface area (Å²) in [6.45, 7) is 0.292. The maximum Gasteiger partial charge on any atom is 0.212 e. The fourth-order valence-electron chi connectivity index (χ4n) is 1.54. The van der Waals surface area contributed by atoms with Crippen LogP contribution in [-0.2, 0) is 16.6 Å². The summed E-state index contributed by atoms with van der Waals surface area (Å²) in [5.74, 6) is 0.594. The van der Waals surface area contributed by atoms with Crippen LogP contribution >= 0.6 is 0 Å². The standard InChI is InChI=1S/C12H14N2O2S/c13-7-10-1-3-11(4-2-10)8-14-17(15,16)9-12-5-6-12/h1-4,12,14H,5-6,8-9H2. The molecule has 0 radical (unpaired) electrons. The van der Waals surface area contributed by atoms with E-state index in [4.69, 9.17) is 5.26 Å². The molecule has 0 atom stereocenters. The molecule has 17 heavy (non-hydrogen) atoms. The third kappa shape index (κ3) is 3.84. The first kappa shape index (κ1) is 12.1. The van der Waals surface area contributed by atoms with E-state index < -0.39 is 10.0 Å². The quantitative estimate of drug-likeness (QED) is 0.858. The summed E-state index contributed by atoms with van der Waals surface area (Å²) in [5.41, 5.74) is 1.44. The first-order valence-electron chi connectivity index (χ1n) is 5.55. The van der Waals surface area contributed by atoms with Crippen LogP contribution in [0.5, 0.6) is 0 Å². The van der Waals surface area contributed by atoms with Gasteiger partial charge in [0.05, 0.1) is 17.4 Å². The molecule has 5 heteroatoms. The second-order valence-corrected chi connectivity index (χ2v) is 6.21. The predicted octanol–water partition coefficient (Wildman–Crippen LogP) is 1.39. The average Bonchev–Trinajstić information content (AvgIpc) is 3.10. The van der Waals surface area contributed by atoms with Crippen LogP contribution in [0.15, 0.2) is 24.3 Å². The number of hydrogen-bond acceptors (Lipinski definition) is 3. The monoisotopic (exact) mass is 250 g/mol. The molecule has 1 aromatic rings. The Morgan fingerprint density at radius 2 is 1.94 bits per heavy atom. The minimum atomic E-state index is -3.15. The topological polar surface area (TPSA) is 70.0 Å². The van der Waals surface area contributed by atoms with Crippen LogP contribution in [0.2, 0.25) is 0 Å². The van der Waals surface area contributed by atoms with E-state index in [1.807, 2.05) is 6.07 Å². The molecular weight excluding hydrogens is 236 g/mol. The lowest BCUT2D eigenvalue weighted by Crippen LogP contribution is -2.26. The lowest BCUT2D eigenvalue weighted by molar-refractivity contribution is 0.577. The Balaban J connectivity index is 1.90. The van der Waals surface area contributed by atoms with Crippen molar-refractivity contribution >= 4 is 10.0 Å². The average molecular weight is 250 g/mol. The van der Waals surface area contributed by atoms with Crippen molar-refractivity contribution in [2.24, 2.45) is 5.92 Å². The largest absolute Gasteiger partial charge is 0.212 e. The molecule has 0 bridgehead atoms. The highest BCUT2D eigenvalue weighted by atomic mass is 32.2. The van der Waals surface area contributed by atoms with E-state index >= 15 is 0 Å². The molecular formula is C12H14N2O2S. The molecule has 0 aliphatic heterocycles. The van der Waals surface area contributed by atoms with E-state index in [-0.39, 0.29) is 5.75 Å². The molecule has 0 saturated heterocycles. The second-order valence-electron chi connectivity index (χ2n) is 4.35. The maximum absolute atomic E-state index is 11.6. The predicted molar refractivity (Wildman–Crippen MR) is 64.5 cm³/mol. The highest BCUT2D eigenvalue weighted by molar-refractivity contribution is 7.89. The molecule has 1 aliphatic carbocycles. The zero-order valence-electron chi connectivity index (χ0n) is 9.39. The van der Waals surface area contributed by atoms with Crippen LogP contribution in [0.4, 0.5) is 0 Å². The van der Waals surface area contributed by atoms with Crippen LogP contribution in [0.25, 0.3) is 0 Å². The third-order valence-electron chi connectivity index (χ3n) is 2.73. The molecule has 0 spiro atoms. The smallest absolute Gasteiger partial charge is 0.212 e. The number of hydrogen-bond donors (Lipinski definition) is 1. The summed E-state index contributed by atoms with van der Waals surface area (Å²) >= 11 is 0. The highest BCUT2D eigenvalue weighted by Crippen LogP contribution is 2.29. The molecule has 0 unspecified atom stereocenters. The highest BCUT2D eigenvalue weighted by Gasteiger charge is 2.27. The SMILES string of the molecule is N#Cc1ccc(CNS(=O)(=O)CC2CC2)cc1. The Bertz CT molecular complexity index is 525. The van der Waals surface area contributed by atoms with Gasteiger partial charge in [0, 0.05) is 6.54 Å². The van der Waals surface area contributed by atoms with Crippen LogP contribution in [-0.4, -0.2) is 14.2 Å². The van der Waals surface area contributed by atoms with Gasteiger partial charge >= 0.3 is 0 Å². The van der Waals surface area contributed by atoms with Gasteiger partial charge in [-0.15, -0.1) is 0 Å². The van der Waals surface area contributed by atoms with Crippen molar-refractivity contribution in [2.75, 3.05) is 5.75 Å². The van der Waals surface area contributed by atoms with Crippen LogP contribution in [0.3, 0.4) is 0 Å². The molecule has 0 amide bonds. The number of nitrogens with zero attached hydrogens (tertiary/aromatic N) is 1. The number of nitriles is 1. The van der Waals surface area contributed by atoms with Gasteiger partial charge in [-0.1, -0.05) is 12.1 Å². The van der Waals surface area contributed by atoms with E-state index in [1.54, 1.807) is 24.3 Å². The van der Waals surface area contributed by atoms with Crippen molar-refractivity contribution in [1.82, 2.24) is 4.72 Å². The van der Waals surface area contributed by atoms with E-state index in [0.717, 1.165) is 18.4 Å². The Labute approximate surface area is 101 Å². The van der Waals surface area contributed by atoms with E-state index in [1.165, 1.54) is 0 Å². The zero-order chi connectivity index (χ0) is 12.3. The van der Waals surface area contributed by atoms with Gasteiger partial charge in [0.25, 0.3) is 0 Å². The van der Waals surface area contributed by atoms with Crippen LogP contribution < -0.4 is 4.72 Å². The molecule has 1 aliphatic rings. The van der Waals surface area contributed by atoms with Gasteiger partial charge in [0.15, 0.2) is 0 Å². The first-order chi connectivity index (χ1) is 8.09. The summed E-state index contributed by atoms with van der Waals surface area (Å²) < 4.78 is 25.8. The maximum atomic E-state index is 11.6. The number of benzene rings is 1. The van der Waals surface area contributed by atoms with Crippen LogP contribution in [0, 0.1) is 17.2 Å². The Morgan fingerprint density at radius 1 is 1.29 bits per heavy atom.